The molecule has 2 heterocycles. The minimum Gasteiger partial charge on any atom is -0.375 e. The van der Waals surface area contributed by atoms with Gasteiger partial charge >= 0.3 is 0 Å². The van der Waals surface area contributed by atoms with Crippen LogP contribution in [-0.2, 0) is 4.74 Å². The predicted octanol–water partition coefficient (Wildman–Crippen LogP) is 0.951. The number of ether oxygens (including phenoxy) is 1. The number of pyridine rings is 1. The van der Waals surface area contributed by atoms with Crippen LogP contribution < -0.4 is 5.32 Å². The summed E-state index contributed by atoms with van der Waals surface area (Å²) in [5.74, 6) is 0.110. The average Bonchev–Trinajstić information content (AvgIpc) is 2.31. The van der Waals surface area contributed by atoms with Crippen LogP contribution in [-0.4, -0.2) is 36.6 Å². The molecule has 1 N–H and O–H groups in total. The Labute approximate surface area is 95.0 Å². The molecule has 0 saturated carbocycles. The van der Waals surface area contributed by atoms with Crippen molar-refractivity contribution in [2.75, 3.05) is 19.7 Å². The fraction of sp³-hybridized carbons (Fsp3) is 0.500. The molecule has 1 fully saturated rings. The summed E-state index contributed by atoms with van der Waals surface area (Å²) >= 11 is 0. The van der Waals surface area contributed by atoms with E-state index >= 15 is 0 Å². The molecule has 16 heavy (non-hydrogen) atoms. The monoisotopic (exact) mass is 220 g/mol. The Hall–Kier alpha value is -1.26. The molecular formula is C12H16N2O2. The fourth-order valence-corrected chi connectivity index (χ4v) is 1.82. The van der Waals surface area contributed by atoms with Crippen molar-refractivity contribution in [3.05, 3.63) is 29.6 Å². The lowest BCUT2D eigenvalue weighted by Gasteiger charge is -2.23. The van der Waals surface area contributed by atoms with Crippen LogP contribution in [0.15, 0.2) is 18.5 Å². The zero-order chi connectivity index (χ0) is 11.4. The van der Waals surface area contributed by atoms with Crippen LogP contribution in [0.3, 0.4) is 0 Å². The van der Waals surface area contributed by atoms with E-state index in [4.69, 9.17) is 4.74 Å². The van der Waals surface area contributed by atoms with Gasteiger partial charge in [0, 0.05) is 37.5 Å². The van der Waals surface area contributed by atoms with Gasteiger partial charge in [0.05, 0.1) is 12.7 Å². The van der Waals surface area contributed by atoms with Crippen molar-refractivity contribution in [2.24, 2.45) is 0 Å². The predicted molar refractivity (Wildman–Crippen MR) is 60.5 cm³/mol. The maximum absolute atomic E-state index is 12.0. The van der Waals surface area contributed by atoms with Gasteiger partial charge in [0.25, 0.3) is 0 Å². The van der Waals surface area contributed by atoms with Crippen molar-refractivity contribution >= 4 is 5.78 Å². The highest BCUT2D eigenvalue weighted by atomic mass is 16.5. The Balaban J connectivity index is 2.00. The quantitative estimate of drug-likeness (QED) is 0.771. The third-order valence-corrected chi connectivity index (χ3v) is 2.76. The van der Waals surface area contributed by atoms with E-state index in [1.165, 1.54) is 0 Å². The molecule has 1 atom stereocenters. The number of aryl methyl sites for hydroxylation is 1. The molecule has 0 radical (unpaired) electrons. The van der Waals surface area contributed by atoms with Crippen LogP contribution in [0, 0.1) is 6.92 Å². The second-order valence-electron chi connectivity index (χ2n) is 4.01. The zero-order valence-corrected chi connectivity index (χ0v) is 9.40. The topological polar surface area (TPSA) is 51.2 Å². The molecule has 1 unspecified atom stereocenters. The lowest BCUT2D eigenvalue weighted by Crippen LogP contribution is -2.39. The molecule has 0 spiro atoms. The van der Waals surface area contributed by atoms with Gasteiger partial charge in [-0.05, 0) is 18.6 Å². The second-order valence-corrected chi connectivity index (χ2v) is 4.01. The van der Waals surface area contributed by atoms with E-state index in [0.29, 0.717) is 18.6 Å². The van der Waals surface area contributed by atoms with Gasteiger partial charge in [-0.2, -0.15) is 0 Å². The number of aromatic nitrogens is 1. The van der Waals surface area contributed by atoms with Crippen LogP contribution >= 0.6 is 0 Å². The first-order chi connectivity index (χ1) is 7.77. The van der Waals surface area contributed by atoms with Crippen LogP contribution in [0.25, 0.3) is 0 Å². The molecule has 86 valence electrons. The molecule has 1 saturated heterocycles. The number of Topliss-reactive ketones (excluding diaryl/α,β-unsaturated/α-hetero) is 1. The highest BCUT2D eigenvalue weighted by Crippen LogP contribution is 2.11. The number of morpholine rings is 1. The molecule has 4 heteroatoms. The van der Waals surface area contributed by atoms with Crippen molar-refractivity contribution in [2.45, 2.75) is 19.4 Å². The SMILES string of the molecule is Cc1ccncc1C(=O)CC1CNCCO1. The molecule has 1 aliphatic rings. The van der Waals surface area contributed by atoms with E-state index in [2.05, 4.69) is 10.3 Å². The molecular weight excluding hydrogens is 204 g/mol. The molecule has 4 nitrogen and oxygen atoms in total. The van der Waals surface area contributed by atoms with Gasteiger partial charge in [-0.25, -0.2) is 0 Å². The summed E-state index contributed by atoms with van der Waals surface area (Å²) in [5, 5.41) is 3.21. The van der Waals surface area contributed by atoms with Gasteiger partial charge < -0.3 is 10.1 Å². The van der Waals surface area contributed by atoms with Crippen LogP contribution in [0.4, 0.5) is 0 Å². The smallest absolute Gasteiger partial charge is 0.167 e. The number of ketones is 1. The Bertz CT molecular complexity index is 373. The molecule has 1 aromatic heterocycles. The molecule has 0 aliphatic carbocycles. The first-order valence-corrected chi connectivity index (χ1v) is 5.53. The van der Waals surface area contributed by atoms with E-state index < -0.39 is 0 Å². The highest BCUT2D eigenvalue weighted by Gasteiger charge is 2.19. The minimum atomic E-state index is 0.000793. The third kappa shape index (κ3) is 2.65. The summed E-state index contributed by atoms with van der Waals surface area (Å²) in [6.45, 7) is 4.24. The molecule has 1 aromatic rings. The standard InChI is InChI=1S/C12H16N2O2/c1-9-2-3-13-8-11(9)12(15)6-10-7-14-4-5-16-10/h2-3,8,10,14H,4-7H2,1H3. The Morgan fingerprint density at radius 2 is 2.56 bits per heavy atom. The van der Waals surface area contributed by atoms with E-state index in [9.17, 15) is 4.79 Å². The number of rotatable bonds is 3. The molecule has 2 rings (SSSR count). The summed E-state index contributed by atoms with van der Waals surface area (Å²) < 4.78 is 5.51. The number of carbonyl (C=O) groups excluding carboxylic acids is 1. The average molecular weight is 220 g/mol. The Morgan fingerprint density at radius 1 is 1.69 bits per heavy atom. The summed E-state index contributed by atoms with van der Waals surface area (Å²) in [6.07, 6.45) is 3.76. The number of nitrogens with one attached hydrogen (secondary N) is 1. The van der Waals surface area contributed by atoms with Gasteiger partial charge in [-0.15, -0.1) is 0 Å². The summed E-state index contributed by atoms with van der Waals surface area (Å²) in [5.41, 5.74) is 1.68. The van der Waals surface area contributed by atoms with Gasteiger partial charge in [0.1, 0.15) is 0 Å². The van der Waals surface area contributed by atoms with Crippen LogP contribution in [0.1, 0.15) is 22.3 Å². The van der Waals surface area contributed by atoms with E-state index in [0.717, 1.165) is 18.7 Å². The fourth-order valence-electron chi connectivity index (χ4n) is 1.82. The minimum absolute atomic E-state index is 0.000793. The van der Waals surface area contributed by atoms with Crippen molar-refractivity contribution in [1.82, 2.24) is 10.3 Å². The Kier molecular flexibility index (Phi) is 3.64. The van der Waals surface area contributed by atoms with Crippen molar-refractivity contribution in [3.8, 4) is 0 Å². The lowest BCUT2D eigenvalue weighted by atomic mass is 10.0. The number of hydrogen-bond acceptors (Lipinski definition) is 4. The normalized spacial score (nSPS) is 20.7. The maximum Gasteiger partial charge on any atom is 0.167 e. The van der Waals surface area contributed by atoms with Gasteiger partial charge in [-0.3, -0.25) is 9.78 Å². The van der Waals surface area contributed by atoms with Gasteiger partial charge in [0.2, 0.25) is 0 Å². The van der Waals surface area contributed by atoms with E-state index in [1.54, 1.807) is 12.4 Å². The summed E-state index contributed by atoms with van der Waals surface area (Å²) in [4.78, 5) is 16.0. The maximum atomic E-state index is 12.0. The van der Waals surface area contributed by atoms with E-state index in [-0.39, 0.29) is 11.9 Å². The lowest BCUT2D eigenvalue weighted by molar-refractivity contribution is 0.0240. The number of carbonyl (C=O) groups is 1. The van der Waals surface area contributed by atoms with Crippen LogP contribution in [0.5, 0.6) is 0 Å². The Morgan fingerprint density at radius 3 is 3.25 bits per heavy atom. The highest BCUT2D eigenvalue weighted by molar-refractivity contribution is 5.97. The largest absolute Gasteiger partial charge is 0.375 e. The first kappa shape index (κ1) is 11.2. The number of hydrogen-bond donors (Lipinski definition) is 1. The summed E-state index contributed by atoms with van der Waals surface area (Å²) in [6, 6.07) is 1.85. The summed E-state index contributed by atoms with van der Waals surface area (Å²) in [7, 11) is 0. The zero-order valence-electron chi connectivity index (χ0n) is 9.40. The molecule has 0 bridgehead atoms. The second kappa shape index (κ2) is 5.18. The van der Waals surface area contributed by atoms with Gasteiger partial charge in [-0.1, -0.05) is 0 Å². The number of nitrogens with zero attached hydrogens (tertiary/aromatic N) is 1. The van der Waals surface area contributed by atoms with Crippen LogP contribution in [0.2, 0.25) is 0 Å². The molecule has 0 aromatic carbocycles. The van der Waals surface area contributed by atoms with E-state index in [1.807, 2.05) is 13.0 Å². The van der Waals surface area contributed by atoms with Crippen molar-refractivity contribution in [1.29, 1.82) is 0 Å². The molecule has 0 amide bonds. The van der Waals surface area contributed by atoms with Gasteiger partial charge in [0.15, 0.2) is 5.78 Å². The van der Waals surface area contributed by atoms with Crippen molar-refractivity contribution < 1.29 is 9.53 Å². The van der Waals surface area contributed by atoms with Crippen molar-refractivity contribution in [3.63, 3.8) is 0 Å². The molecule has 1 aliphatic heterocycles. The third-order valence-electron chi connectivity index (χ3n) is 2.76. The first-order valence-electron chi connectivity index (χ1n) is 5.53.